The van der Waals surface area contributed by atoms with E-state index >= 15 is 0 Å². The molecule has 144 valence electrons. The molecule has 0 spiro atoms. The Morgan fingerprint density at radius 3 is 1.64 bits per heavy atom. The lowest BCUT2D eigenvalue weighted by atomic mass is 9.88. The molecule has 0 aliphatic carbocycles. The Balaban J connectivity index is 0.000000435. The largest absolute Gasteiger partial charge is 0.481 e. The van der Waals surface area contributed by atoms with Gasteiger partial charge in [-0.25, -0.2) is 4.79 Å². The van der Waals surface area contributed by atoms with Crippen molar-refractivity contribution in [2.24, 2.45) is 0 Å². The van der Waals surface area contributed by atoms with Gasteiger partial charge in [0, 0.05) is 52.4 Å². The van der Waals surface area contributed by atoms with Crippen LogP contribution in [0, 0.1) is 0 Å². The summed E-state index contributed by atoms with van der Waals surface area (Å²) in [6.45, 7) is 5.86. The standard InChI is InChI=1S/C10H16N2O7.C4H10N2/c13-6(14)5-10(19,9(17)18)7(8(15)16)12-3-1-11-2-4-12;1-2-6-4-3-5-1/h7,11,19H,1-5H2,(H,13,14)(H,15,16)(H,17,18);5-6H,1-4H2. The molecule has 0 bridgehead atoms. The van der Waals surface area contributed by atoms with Crippen LogP contribution in [0.2, 0.25) is 0 Å². The van der Waals surface area contributed by atoms with E-state index in [1.54, 1.807) is 0 Å². The van der Waals surface area contributed by atoms with Crippen molar-refractivity contribution in [1.82, 2.24) is 20.9 Å². The first-order chi connectivity index (χ1) is 11.8. The molecule has 0 aromatic heterocycles. The number of rotatable bonds is 6. The lowest BCUT2D eigenvalue weighted by Crippen LogP contribution is -2.64. The van der Waals surface area contributed by atoms with Gasteiger partial charge in [-0.05, 0) is 0 Å². The normalized spacial score (nSPS) is 22.0. The third kappa shape index (κ3) is 6.55. The summed E-state index contributed by atoms with van der Waals surface area (Å²) in [5, 5.41) is 46.2. The van der Waals surface area contributed by atoms with Gasteiger partial charge in [0.2, 0.25) is 0 Å². The molecule has 2 atom stereocenters. The maximum atomic E-state index is 11.3. The monoisotopic (exact) mass is 362 g/mol. The molecule has 2 fully saturated rings. The predicted molar refractivity (Wildman–Crippen MR) is 86.4 cm³/mol. The highest BCUT2D eigenvalue weighted by molar-refractivity contribution is 5.91. The molecule has 2 unspecified atom stereocenters. The van der Waals surface area contributed by atoms with Crippen molar-refractivity contribution in [3.8, 4) is 0 Å². The molecule has 25 heavy (non-hydrogen) atoms. The molecular weight excluding hydrogens is 336 g/mol. The molecule has 7 N–H and O–H groups in total. The van der Waals surface area contributed by atoms with E-state index in [1.807, 2.05) is 0 Å². The molecule has 0 saturated carbocycles. The van der Waals surface area contributed by atoms with E-state index in [-0.39, 0.29) is 13.1 Å². The molecule has 0 aromatic rings. The number of piperazine rings is 2. The van der Waals surface area contributed by atoms with E-state index in [0.717, 1.165) is 26.2 Å². The third-order valence-electron chi connectivity index (χ3n) is 3.95. The van der Waals surface area contributed by atoms with Crippen molar-refractivity contribution in [3.63, 3.8) is 0 Å². The highest BCUT2D eigenvalue weighted by Gasteiger charge is 2.53. The summed E-state index contributed by atoms with van der Waals surface area (Å²) in [7, 11) is 0. The number of carboxylic acids is 3. The Morgan fingerprint density at radius 1 is 0.880 bits per heavy atom. The summed E-state index contributed by atoms with van der Waals surface area (Å²) < 4.78 is 0. The van der Waals surface area contributed by atoms with Crippen LogP contribution in [0.1, 0.15) is 6.42 Å². The second-order valence-corrected chi connectivity index (χ2v) is 5.83. The fourth-order valence-electron chi connectivity index (χ4n) is 2.73. The molecule has 2 rings (SSSR count). The highest BCUT2D eigenvalue weighted by atomic mass is 16.4. The van der Waals surface area contributed by atoms with Gasteiger partial charge in [0.15, 0.2) is 5.60 Å². The molecule has 2 heterocycles. The summed E-state index contributed by atoms with van der Waals surface area (Å²) >= 11 is 0. The summed E-state index contributed by atoms with van der Waals surface area (Å²) in [6, 6.07) is -1.80. The van der Waals surface area contributed by atoms with Crippen molar-refractivity contribution in [1.29, 1.82) is 0 Å². The van der Waals surface area contributed by atoms with E-state index in [0.29, 0.717) is 13.1 Å². The minimum atomic E-state index is -2.87. The van der Waals surface area contributed by atoms with Gasteiger partial charge in [-0.2, -0.15) is 0 Å². The number of nitrogens with one attached hydrogen (secondary N) is 3. The number of hydrogen-bond acceptors (Lipinski definition) is 8. The van der Waals surface area contributed by atoms with Crippen LogP contribution in [0.5, 0.6) is 0 Å². The molecule has 11 nitrogen and oxygen atoms in total. The zero-order valence-electron chi connectivity index (χ0n) is 13.9. The molecule has 2 aliphatic heterocycles. The van der Waals surface area contributed by atoms with Gasteiger partial charge in [0.1, 0.15) is 6.04 Å². The Bertz CT molecular complexity index is 455. The maximum absolute atomic E-state index is 11.3. The lowest BCUT2D eigenvalue weighted by molar-refractivity contribution is -0.181. The summed E-state index contributed by atoms with van der Waals surface area (Å²) in [6.07, 6.45) is -1.18. The van der Waals surface area contributed by atoms with Crippen molar-refractivity contribution < 1.29 is 34.8 Å². The van der Waals surface area contributed by atoms with Crippen molar-refractivity contribution in [2.45, 2.75) is 18.1 Å². The van der Waals surface area contributed by atoms with Gasteiger partial charge in [0.05, 0.1) is 6.42 Å². The van der Waals surface area contributed by atoms with E-state index < -0.39 is 36.0 Å². The Labute approximate surface area is 145 Å². The van der Waals surface area contributed by atoms with Crippen LogP contribution < -0.4 is 16.0 Å². The second-order valence-electron chi connectivity index (χ2n) is 5.83. The molecule has 2 saturated heterocycles. The first kappa shape index (κ1) is 21.3. The molecular formula is C14H26N4O7. The molecule has 0 radical (unpaired) electrons. The van der Waals surface area contributed by atoms with Crippen LogP contribution in [0.15, 0.2) is 0 Å². The first-order valence-electron chi connectivity index (χ1n) is 8.05. The van der Waals surface area contributed by atoms with Crippen molar-refractivity contribution >= 4 is 17.9 Å². The Morgan fingerprint density at radius 2 is 1.32 bits per heavy atom. The maximum Gasteiger partial charge on any atom is 0.338 e. The first-order valence-corrected chi connectivity index (χ1v) is 8.05. The Hall–Kier alpha value is -1.79. The molecule has 0 aromatic carbocycles. The number of carboxylic acid groups (broad SMARTS) is 3. The van der Waals surface area contributed by atoms with Gasteiger partial charge < -0.3 is 36.4 Å². The summed E-state index contributed by atoms with van der Waals surface area (Å²) in [5.41, 5.74) is -2.87. The van der Waals surface area contributed by atoms with Crippen LogP contribution in [-0.2, 0) is 14.4 Å². The van der Waals surface area contributed by atoms with Gasteiger partial charge >= 0.3 is 17.9 Å². The molecule has 11 heteroatoms. The van der Waals surface area contributed by atoms with Crippen LogP contribution >= 0.6 is 0 Å². The van der Waals surface area contributed by atoms with Crippen LogP contribution in [0.4, 0.5) is 0 Å². The van der Waals surface area contributed by atoms with Gasteiger partial charge in [-0.1, -0.05) is 0 Å². The molecule has 0 amide bonds. The van der Waals surface area contributed by atoms with Crippen LogP contribution in [0.3, 0.4) is 0 Å². The minimum Gasteiger partial charge on any atom is -0.481 e. The molecule has 2 aliphatic rings. The van der Waals surface area contributed by atoms with E-state index in [4.69, 9.17) is 15.3 Å². The van der Waals surface area contributed by atoms with E-state index in [2.05, 4.69) is 16.0 Å². The summed E-state index contributed by atoms with van der Waals surface area (Å²) in [5.74, 6) is -5.00. The fourth-order valence-corrected chi connectivity index (χ4v) is 2.73. The third-order valence-corrected chi connectivity index (χ3v) is 3.95. The lowest BCUT2D eigenvalue weighted by Gasteiger charge is -2.38. The average molecular weight is 362 g/mol. The van der Waals surface area contributed by atoms with Gasteiger partial charge in [-0.15, -0.1) is 0 Å². The average Bonchev–Trinajstić information content (AvgIpc) is 2.57. The van der Waals surface area contributed by atoms with E-state index in [1.165, 1.54) is 4.90 Å². The quantitative estimate of drug-likeness (QED) is 0.254. The number of hydrogen-bond donors (Lipinski definition) is 7. The van der Waals surface area contributed by atoms with E-state index in [9.17, 15) is 19.5 Å². The Kier molecular flexibility index (Phi) is 8.72. The van der Waals surface area contributed by atoms with Crippen molar-refractivity contribution in [3.05, 3.63) is 0 Å². The number of nitrogens with zero attached hydrogens (tertiary/aromatic N) is 1. The zero-order valence-corrected chi connectivity index (χ0v) is 13.9. The fraction of sp³-hybridized carbons (Fsp3) is 0.786. The number of aliphatic hydroxyl groups is 1. The smallest absolute Gasteiger partial charge is 0.338 e. The topological polar surface area (TPSA) is 171 Å². The second kappa shape index (κ2) is 10.3. The summed E-state index contributed by atoms with van der Waals surface area (Å²) in [4.78, 5) is 34.3. The number of aliphatic carboxylic acids is 3. The zero-order chi connectivity index (χ0) is 18.9. The highest BCUT2D eigenvalue weighted by Crippen LogP contribution is 2.22. The van der Waals surface area contributed by atoms with Crippen molar-refractivity contribution in [2.75, 3.05) is 52.4 Å². The van der Waals surface area contributed by atoms with Gasteiger partial charge in [0.25, 0.3) is 0 Å². The minimum absolute atomic E-state index is 0.214. The van der Waals surface area contributed by atoms with Gasteiger partial charge in [-0.3, -0.25) is 14.5 Å². The number of carbonyl (C=O) groups is 3. The predicted octanol–water partition coefficient (Wildman–Crippen LogP) is -3.19. The van der Waals surface area contributed by atoms with Crippen LogP contribution in [0.25, 0.3) is 0 Å². The van der Waals surface area contributed by atoms with Crippen LogP contribution in [-0.4, -0.2) is 107 Å². The SMILES string of the molecule is C1CNCCN1.O=C(O)CC(O)(C(=O)O)C(C(=O)O)N1CCNCC1.